The Kier molecular flexibility index (Phi) is 4.12. The van der Waals surface area contributed by atoms with Gasteiger partial charge in [0, 0.05) is 22.8 Å². The number of nitrogens with two attached hydrogens (primary N) is 1. The van der Waals surface area contributed by atoms with Gasteiger partial charge in [0.15, 0.2) is 0 Å². The predicted octanol–water partition coefficient (Wildman–Crippen LogP) is 3.09. The predicted molar refractivity (Wildman–Crippen MR) is 74.7 cm³/mol. The Bertz CT molecular complexity index is 427. The van der Waals surface area contributed by atoms with Crippen LogP contribution in [-0.4, -0.2) is 12.5 Å². The van der Waals surface area contributed by atoms with E-state index in [9.17, 15) is 4.79 Å². The fourth-order valence-corrected chi connectivity index (χ4v) is 2.84. The molecule has 0 heterocycles. The topological polar surface area (TPSA) is 55.1 Å². The second-order valence-electron chi connectivity index (χ2n) is 5.27. The van der Waals surface area contributed by atoms with Crippen LogP contribution in [0.5, 0.6) is 0 Å². The van der Waals surface area contributed by atoms with Crippen molar-refractivity contribution >= 4 is 23.2 Å². The Morgan fingerprint density at radius 3 is 2.83 bits per heavy atom. The van der Waals surface area contributed by atoms with Gasteiger partial charge in [-0.05, 0) is 42.9 Å². The minimum atomic E-state index is -0.0937. The molecule has 4 heteroatoms. The number of carbonyl (C=O) groups excluding carboxylic acids is 1. The van der Waals surface area contributed by atoms with E-state index in [1.165, 1.54) is 19.3 Å². The van der Waals surface area contributed by atoms with E-state index in [2.05, 4.69) is 12.2 Å². The summed E-state index contributed by atoms with van der Waals surface area (Å²) < 4.78 is 0. The molecule has 18 heavy (non-hydrogen) atoms. The van der Waals surface area contributed by atoms with Crippen molar-refractivity contribution in [3.63, 3.8) is 0 Å². The number of benzene rings is 1. The molecule has 0 radical (unpaired) electrons. The first-order valence-electron chi connectivity index (χ1n) is 6.39. The van der Waals surface area contributed by atoms with Gasteiger partial charge >= 0.3 is 0 Å². The van der Waals surface area contributed by atoms with Gasteiger partial charge in [0.2, 0.25) is 0 Å². The van der Waals surface area contributed by atoms with Crippen LogP contribution in [0, 0.1) is 11.8 Å². The number of amides is 1. The Hall–Kier alpha value is -1.22. The van der Waals surface area contributed by atoms with Gasteiger partial charge in [-0.15, -0.1) is 0 Å². The Morgan fingerprint density at radius 2 is 2.22 bits per heavy atom. The van der Waals surface area contributed by atoms with Crippen LogP contribution >= 0.6 is 11.6 Å². The molecule has 0 saturated heterocycles. The first kappa shape index (κ1) is 13.2. The summed E-state index contributed by atoms with van der Waals surface area (Å²) in [6, 6.07) is 4.93. The number of hydrogen-bond acceptors (Lipinski definition) is 2. The highest BCUT2D eigenvalue weighted by Crippen LogP contribution is 2.29. The molecule has 1 aromatic carbocycles. The van der Waals surface area contributed by atoms with E-state index in [-0.39, 0.29) is 5.91 Å². The maximum absolute atomic E-state index is 12.0. The lowest BCUT2D eigenvalue weighted by Gasteiger charge is -2.11. The van der Waals surface area contributed by atoms with E-state index in [1.54, 1.807) is 18.2 Å². The van der Waals surface area contributed by atoms with E-state index >= 15 is 0 Å². The highest BCUT2D eigenvalue weighted by molar-refractivity contribution is 6.31. The monoisotopic (exact) mass is 266 g/mol. The Balaban J connectivity index is 1.91. The number of anilines is 1. The SMILES string of the molecule is CC1CCC(CNC(=O)c2cc(N)cc(Cl)c2)C1. The maximum Gasteiger partial charge on any atom is 0.251 e. The van der Waals surface area contributed by atoms with Crippen LogP contribution < -0.4 is 11.1 Å². The van der Waals surface area contributed by atoms with E-state index in [0.717, 1.165) is 12.5 Å². The lowest BCUT2D eigenvalue weighted by atomic mass is 10.1. The van der Waals surface area contributed by atoms with Gasteiger partial charge in [-0.2, -0.15) is 0 Å². The van der Waals surface area contributed by atoms with Gasteiger partial charge in [-0.3, -0.25) is 4.79 Å². The van der Waals surface area contributed by atoms with Crippen molar-refractivity contribution < 1.29 is 4.79 Å². The average Bonchev–Trinajstić information content (AvgIpc) is 2.70. The zero-order chi connectivity index (χ0) is 13.1. The number of hydrogen-bond donors (Lipinski definition) is 2. The molecule has 0 bridgehead atoms. The molecule has 0 aliphatic heterocycles. The van der Waals surface area contributed by atoms with Gasteiger partial charge in [0.05, 0.1) is 0 Å². The highest BCUT2D eigenvalue weighted by Gasteiger charge is 2.21. The Labute approximate surface area is 113 Å². The second-order valence-corrected chi connectivity index (χ2v) is 5.70. The largest absolute Gasteiger partial charge is 0.399 e. The van der Waals surface area contributed by atoms with Crippen LogP contribution in [0.25, 0.3) is 0 Å². The van der Waals surface area contributed by atoms with Crippen molar-refractivity contribution in [3.8, 4) is 0 Å². The third kappa shape index (κ3) is 3.39. The molecule has 3 N–H and O–H groups in total. The summed E-state index contributed by atoms with van der Waals surface area (Å²) in [7, 11) is 0. The standard InChI is InChI=1S/C14H19ClN2O/c1-9-2-3-10(4-9)8-17-14(18)11-5-12(15)7-13(16)6-11/h5-7,9-10H,2-4,8,16H2,1H3,(H,17,18). The summed E-state index contributed by atoms with van der Waals surface area (Å²) >= 11 is 5.88. The summed E-state index contributed by atoms with van der Waals surface area (Å²) in [5.74, 6) is 1.30. The van der Waals surface area contributed by atoms with E-state index in [0.29, 0.717) is 22.2 Å². The van der Waals surface area contributed by atoms with Gasteiger partial charge in [-0.25, -0.2) is 0 Å². The Morgan fingerprint density at radius 1 is 1.44 bits per heavy atom. The summed E-state index contributed by atoms with van der Waals surface area (Å²) in [5, 5.41) is 3.46. The zero-order valence-corrected chi connectivity index (χ0v) is 11.3. The van der Waals surface area contributed by atoms with Crippen molar-refractivity contribution in [3.05, 3.63) is 28.8 Å². The van der Waals surface area contributed by atoms with Crippen LogP contribution in [0.2, 0.25) is 5.02 Å². The molecule has 98 valence electrons. The fraction of sp³-hybridized carbons (Fsp3) is 0.500. The molecule has 2 unspecified atom stereocenters. The maximum atomic E-state index is 12.0. The fourth-order valence-electron chi connectivity index (χ4n) is 2.59. The van der Waals surface area contributed by atoms with E-state index in [4.69, 9.17) is 17.3 Å². The van der Waals surface area contributed by atoms with Crippen molar-refractivity contribution in [2.75, 3.05) is 12.3 Å². The molecule has 2 rings (SSSR count). The van der Waals surface area contributed by atoms with Gasteiger partial charge < -0.3 is 11.1 Å². The minimum absolute atomic E-state index is 0.0937. The lowest BCUT2D eigenvalue weighted by molar-refractivity contribution is 0.0947. The first-order valence-corrected chi connectivity index (χ1v) is 6.76. The molecule has 1 aromatic rings. The van der Waals surface area contributed by atoms with E-state index < -0.39 is 0 Å². The quantitative estimate of drug-likeness (QED) is 0.826. The molecule has 3 nitrogen and oxygen atoms in total. The summed E-state index contributed by atoms with van der Waals surface area (Å²) in [4.78, 5) is 12.0. The molecule has 1 saturated carbocycles. The van der Waals surface area contributed by atoms with Crippen LogP contribution in [0.3, 0.4) is 0 Å². The van der Waals surface area contributed by atoms with E-state index in [1.807, 2.05) is 0 Å². The molecule has 1 fully saturated rings. The molecule has 2 atom stereocenters. The summed E-state index contributed by atoms with van der Waals surface area (Å²) in [5.41, 5.74) is 6.72. The summed E-state index contributed by atoms with van der Waals surface area (Å²) in [6.45, 7) is 3.01. The minimum Gasteiger partial charge on any atom is -0.399 e. The molecular formula is C14H19ClN2O. The smallest absolute Gasteiger partial charge is 0.251 e. The van der Waals surface area contributed by atoms with Gasteiger partial charge in [0.1, 0.15) is 0 Å². The number of halogens is 1. The lowest BCUT2D eigenvalue weighted by Crippen LogP contribution is -2.28. The molecule has 1 aliphatic carbocycles. The normalized spacial score (nSPS) is 23.0. The zero-order valence-electron chi connectivity index (χ0n) is 10.6. The molecule has 1 amide bonds. The van der Waals surface area contributed by atoms with Crippen molar-refractivity contribution in [2.45, 2.75) is 26.2 Å². The van der Waals surface area contributed by atoms with Crippen molar-refractivity contribution in [2.24, 2.45) is 11.8 Å². The first-order chi connectivity index (χ1) is 8.54. The van der Waals surface area contributed by atoms with Crippen LogP contribution in [-0.2, 0) is 0 Å². The van der Waals surface area contributed by atoms with Gasteiger partial charge in [0.25, 0.3) is 5.91 Å². The molecular weight excluding hydrogens is 248 g/mol. The van der Waals surface area contributed by atoms with Crippen LogP contribution in [0.4, 0.5) is 5.69 Å². The molecule has 0 aromatic heterocycles. The van der Waals surface area contributed by atoms with Crippen LogP contribution in [0.1, 0.15) is 36.5 Å². The third-order valence-corrected chi connectivity index (χ3v) is 3.76. The van der Waals surface area contributed by atoms with Crippen molar-refractivity contribution in [1.29, 1.82) is 0 Å². The molecule has 1 aliphatic rings. The molecule has 0 spiro atoms. The summed E-state index contributed by atoms with van der Waals surface area (Å²) in [6.07, 6.45) is 3.68. The van der Waals surface area contributed by atoms with Crippen LogP contribution in [0.15, 0.2) is 18.2 Å². The number of rotatable bonds is 3. The third-order valence-electron chi connectivity index (χ3n) is 3.54. The van der Waals surface area contributed by atoms with Gasteiger partial charge in [-0.1, -0.05) is 24.9 Å². The van der Waals surface area contributed by atoms with Crippen molar-refractivity contribution in [1.82, 2.24) is 5.32 Å². The number of nitrogens with one attached hydrogen (secondary N) is 1. The number of nitrogen functional groups attached to an aromatic ring is 1. The second kappa shape index (κ2) is 5.61. The average molecular weight is 267 g/mol. The highest BCUT2D eigenvalue weighted by atomic mass is 35.5. The number of carbonyl (C=O) groups is 1.